The van der Waals surface area contributed by atoms with Gasteiger partial charge in [-0.15, -0.1) is 0 Å². The molecule has 42 heavy (non-hydrogen) atoms. The monoisotopic (exact) mass is 598 g/mol. The molecule has 4 rings (SSSR count). The summed E-state index contributed by atoms with van der Waals surface area (Å²) in [5.41, 5.74) is 6.96. The smallest absolute Gasteiger partial charge is 0.330 e. The molecule has 1 aliphatic rings. The highest BCUT2D eigenvalue weighted by Crippen LogP contribution is 2.43. The third-order valence-electron chi connectivity index (χ3n) is 6.62. The van der Waals surface area contributed by atoms with Gasteiger partial charge in [0.15, 0.2) is 6.23 Å². The summed E-state index contributed by atoms with van der Waals surface area (Å²) in [6.07, 6.45) is -3.07. The summed E-state index contributed by atoms with van der Waals surface area (Å²) >= 11 is 0. The van der Waals surface area contributed by atoms with Crippen LogP contribution < -0.4 is 20.9 Å². The fraction of sp³-hybridized carbons (Fsp3) is 0.370. The van der Waals surface area contributed by atoms with Gasteiger partial charge >= 0.3 is 20.2 Å². The fourth-order valence-corrected chi connectivity index (χ4v) is 5.48. The number of azide groups is 1. The number of aliphatic hydroxyl groups excluding tert-OH is 1. The van der Waals surface area contributed by atoms with Gasteiger partial charge in [-0.1, -0.05) is 53.6 Å². The van der Waals surface area contributed by atoms with Crippen molar-refractivity contribution in [3.05, 3.63) is 110 Å². The third-order valence-corrected chi connectivity index (χ3v) is 7.98. The van der Waals surface area contributed by atoms with Crippen LogP contribution >= 0.6 is 8.53 Å². The zero-order chi connectivity index (χ0) is 30.3. The number of esters is 1. The summed E-state index contributed by atoms with van der Waals surface area (Å²) in [5.74, 6) is -0.0801. The largest absolute Gasteiger partial charge is 0.457 e. The van der Waals surface area contributed by atoms with Crippen LogP contribution in [0, 0.1) is 0 Å². The van der Waals surface area contributed by atoms with E-state index in [0.29, 0.717) is 5.75 Å². The van der Waals surface area contributed by atoms with Gasteiger partial charge in [0, 0.05) is 17.2 Å². The molecule has 1 unspecified atom stereocenters. The first-order chi connectivity index (χ1) is 20.1. The van der Waals surface area contributed by atoms with Crippen molar-refractivity contribution in [2.24, 2.45) is 5.11 Å². The number of nitrogens with zero attached hydrogens (tertiary/aromatic N) is 4. The normalized spacial score (nSPS) is 23.8. The Kier molecular flexibility index (Phi) is 10.1. The third kappa shape index (κ3) is 7.24. The molecule has 1 fully saturated rings. The van der Waals surface area contributed by atoms with E-state index in [-0.39, 0.29) is 6.61 Å². The van der Waals surface area contributed by atoms with Gasteiger partial charge in [0.25, 0.3) is 5.56 Å². The molecule has 0 radical (unpaired) electrons. The number of benzene rings is 2. The summed E-state index contributed by atoms with van der Waals surface area (Å²) in [7, 11) is -2.00. The van der Waals surface area contributed by atoms with Crippen LogP contribution in [0.25, 0.3) is 10.4 Å². The Morgan fingerprint density at radius 2 is 1.86 bits per heavy atom. The van der Waals surface area contributed by atoms with Crippen LogP contribution in [0.5, 0.6) is 5.75 Å². The van der Waals surface area contributed by atoms with Crippen molar-refractivity contribution >= 4 is 14.5 Å². The van der Waals surface area contributed by atoms with E-state index in [1.807, 2.05) is 36.4 Å². The Morgan fingerprint density at radius 3 is 2.50 bits per heavy atom. The maximum atomic E-state index is 12.9. The van der Waals surface area contributed by atoms with E-state index >= 15 is 0 Å². The SMILES string of the molecule is C[C@H](NP(OC[C@H]1O[C@@H](n2ccc(=O)[nH]c2=O)[C@](C)(N=[N+]=[N-])[C@@H]1O)Oc1ccccc1)C(=O)O[C@@H](C)c1ccccc1. The number of ether oxygens (including phenoxy) is 2. The summed E-state index contributed by atoms with van der Waals surface area (Å²) < 4.78 is 24.5. The molecular weight excluding hydrogens is 567 g/mol. The molecule has 2 aromatic carbocycles. The minimum absolute atomic E-state index is 0.278. The van der Waals surface area contributed by atoms with Crippen molar-refractivity contribution in [2.45, 2.75) is 56.9 Å². The molecule has 14 nitrogen and oxygen atoms in total. The molecule has 7 atom stereocenters. The molecule has 0 spiro atoms. The molecule has 222 valence electrons. The highest BCUT2D eigenvalue weighted by Gasteiger charge is 2.54. The zero-order valence-electron chi connectivity index (χ0n) is 23.1. The number of carbonyl (C=O) groups is 1. The lowest BCUT2D eigenvalue weighted by Crippen LogP contribution is -2.45. The van der Waals surface area contributed by atoms with E-state index in [1.165, 1.54) is 13.1 Å². The van der Waals surface area contributed by atoms with Gasteiger partial charge in [-0.05, 0) is 44.0 Å². The predicted molar refractivity (Wildman–Crippen MR) is 152 cm³/mol. The Bertz CT molecular complexity index is 1520. The molecule has 2 heterocycles. The van der Waals surface area contributed by atoms with Gasteiger partial charge in [0.1, 0.15) is 29.5 Å². The second-order valence-electron chi connectivity index (χ2n) is 9.70. The first-order valence-electron chi connectivity index (χ1n) is 13.0. The molecular formula is C27H31N6O8P. The van der Waals surface area contributed by atoms with Crippen molar-refractivity contribution in [3.63, 3.8) is 0 Å². The minimum Gasteiger partial charge on any atom is -0.457 e. The molecule has 1 saturated heterocycles. The van der Waals surface area contributed by atoms with Crippen LogP contribution in [-0.2, 0) is 18.8 Å². The highest BCUT2D eigenvalue weighted by molar-refractivity contribution is 7.45. The number of hydrogen-bond donors (Lipinski definition) is 3. The molecule has 1 aliphatic heterocycles. The average Bonchev–Trinajstić information content (AvgIpc) is 3.22. The van der Waals surface area contributed by atoms with Crippen LogP contribution in [0.3, 0.4) is 0 Å². The maximum Gasteiger partial charge on any atom is 0.330 e. The van der Waals surface area contributed by atoms with Crippen LogP contribution in [0.15, 0.2) is 87.6 Å². The van der Waals surface area contributed by atoms with Crippen LogP contribution in [0.1, 0.15) is 38.7 Å². The summed E-state index contributed by atoms with van der Waals surface area (Å²) in [5, 5.41) is 17.8. The van der Waals surface area contributed by atoms with E-state index in [2.05, 4.69) is 20.1 Å². The van der Waals surface area contributed by atoms with Crippen LogP contribution in [-0.4, -0.2) is 51.0 Å². The summed E-state index contributed by atoms with van der Waals surface area (Å²) in [4.78, 5) is 41.8. The van der Waals surface area contributed by atoms with Crippen molar-refractivity contribution < 1.29 is 28.4 Å². The number of rotatable bonds is 12. The van der Waals surface area contributed by atoms with Gasteiger partial charge in [-0.25, -0.2) is 9.88 Å². The molecule has 0 saturated carbocycles. The van der Waals surface area contributed by atoms with Crippen molar-refractivity contribution in [1.82, 2.24) is 14.6 Å². The highest BCUT2D eigenvalue weighted by atomic mass is 31.2. The zero-order valence-corrected chi connectivity index (χ0v) is 24.0. The van der Waals surface area contributed by atoms with Crippen LogP contribution in [0.4, 0.5) is 0 Å². The van der Waals surface area contributed by atoms with E-state index in [0.717, 1.165) is 16.2 Å². The second-order valence-corrected chi connectivity index (χ2v) is 10.9. The number of hydrogen-bond acceptors (Lipinski definition) is 10. The number of aromatic nitrogens is 2. The van der Waals surface area contributed by atoms with Crippen LogP contribution in [0.2, 0.25) is 0 Å². The van der Waals surface area contributed by atoms with E-state index in [1.54, 1.807) is 38.1 Å². The lowest BCUT2D eigenvalue weighted by molar-refractivity contribution is -0.150. The topological polar surface area (TPSA) is 190 Å². The van der Waals surface area contributed by atoms with Gasteiger partial charge in [-0.2, -0.15) is 0 Å². The Hall–Kier alpha value is -4.03. The Labute approximate surface area is 241 Å². The predicted octanol–water partition coefficient (Wildman–Crippen LogP) is 3.47. The average molecular weight is 599 g/mol. The lowest BCUT2D eigenvalue weighted by Gasteiger charge is -2.28. The van der Waals surface area contributed by atoms with Crippen molar-refractivity contribution in [1.29, 1.82) is 0 Å². The quantitative estimate of drug-likeness (QED) is 0.0921. The maximum absolute atomic E-state index is 12.9. The molecule has 0 amide bonds. The Morgan fingerprint density at radius 1 is 1.19 bits per heavy atom. The summed E-state index contributed by atoms with van der Waals surface area (Å²) in [6, 6.07) is 18.3. The number of aliphatic hydroxyl groups is 1. The number of nitrogens with one attached hydrogen (secondary N) is 2. The number of para-hydroxylation sites is 1. The molecule has 3 aromatic rings. The summed E-state index contributed by atoms with van der Waals surface area (Å²) in [6.45, 7) is 4.52. The fourth-order valence-electron chi connectivity index (χ4n) is 4.28. The van der Waals surface area contributed by atoms with E-state index in [4.69, 9.17) is 18.5 Å². The lowest BCUT2D eigenvalue weighted by atomic mass is 9.93. The molecule has 3 N–H and O–H groups in total. The van der Waals surface area contributed by atoms with Gasteiger partial charge < -0.3 is 23.6 Å². The molecule has 1 aromatic heterocycles. The van der Waals surface area contributed by atoms with Crippen molar-refractivity contribution in [2.75, 3.05) is 6.61 Å². The number of carbonyl (C=O) groups excluding carboxylic acids is 1. The number of aromatic amines is 1. The van der Waals surface area contributed by atoms with Crippen molar-refractivity contribution in [3.8, 4) is 5.75 Å². The minimum atomic E-state index is -2.00. The second kappa shape index (κ2) is 13.8. The molecule has 0 bridgehead atoms. The van der Waals surface area contributed by atoms with Gasteiger partial charge in [0.2, 0.25) is 0 Å². The Balaban J connectivity index is 1.49. The molecule has 0 aliphatic carbocycles. The van der Waals surface area contributed by atoms with Gasteiger partial charge in [-0.3, -0.25) is 19.1 Å². The van der Waals surface area contributed by atoms with E-state index < -0.39 is 61.9 Å². The molecule has 15 heteroatoms. The first kappa shape index (κ1) is 30.9. The van der Waals surface area contributed by atoms with Gasteiger partial charge in [0.05, 0.1) is 12.7 Å². The van der Waals surface area contributed by atoms with E-state index in [9.17, 15) is 25.0 Å². The first-order valence-corrected chi connectivity index (χ1v) is 14.2. The number of H-pyrrole nitrogens is 1. The standard InChI is InChI=1S/C27H31N6O8P/c1-17(24(36)39-18(2)19-10-6-4-7-11-19)30-42(41-20-12-8-5-9-13-20)38-16-21-23(35)27(3,31-32-28)25(40-21)33-15-14-22(34)29-26(33)37/h4-15,17-18,21,23,25,30,35H,16H2,1-3H3,(H,29,34,37)/t17-,18-,21+,23+,25+,27+,42?/m0/s1.